The molecule has 4 rings (SSSR count). The third kappa shape index (κ3) is 3.19. The molecule has 2 saturated heterocycles. The van der Waals surface area contributed by atoms with Crippen LogP contribution >= 0.6 is 0 Å². The van der Waals surface area contributed by atoms with Crippen LogP contribution in [0, 0.1) is 0 Å². The van der Waals surface area contributed by atoms with E-state index in [1.54, 1.807) is 0 Å². The van der Waals surface area contributed by atoms with Crippen molar-refractivity contribution in [2.45, 2.75) is 37.8 Å². The Morgan fingerprint density at radius 2 is 1.11 bits per heavy atom. The summed E-state index contributed by atoms with van der Waals surface area (Å²) in [7, 11) is 0. The number of benzene rings is 2. The molecule has 146 valence electrons. The fourth-order valence-electron chi connectivity index (χ4n) is 4.70. The van der Waals surface area contributed by atoms with Gasteiger partial charge in [-0.15, -0.1) is 0 Å². The maximum absolute atomic E-state index is 11.7. The van der Waals surface area contributed by atoms with Gasteiger partial charge in [0.15, 0.2) is 0 Å². The molecule has 2 heterocycles. The van der Waals surface area contributed by atoms with Crippen LogP contribution in [0.25, 0.3) is 11.1 Å². The van der Waals surface area contributed by atoms with E-state index in [1.165, 1.54) is 9.80 Å². The van der Waals surface area contributed by atoms with E-state index in [0.717, 1.165) is 47.9 Å². The molecule has 2 aliphatic rings. The van der Waals surface area contributed by atoms with Crippen molar-refractivity contribution in [1.82, 2.24) is 9.80 Å². The minimum Gasteiger partial charge on any atom is -0.465 e. The van der Waals surface area contributed by atoms with E-state index in [-0.39, 0.29) is 12.1 Å². The number of rotatable bonds is 3. The van der Waals surface area contributed by atoms with E-state index in [4.69, 9.17) is 0 Å². The summed E-state index contributed by atoms with van der Waals surface area (Å²) in [5.74, 6) is 0. The largest absolute Gasteiger partial charge is 0.465 e. The topological polar surface area (TPSA) is 81.1 Å². The van der Waals surface area contributed by atoms with Crippen molar-refractivity contribution >= 4 is 12.2 Å². The number of hydrogen-bond donors (Lipinski definition) is 2. The van der Waals surface area contributed by atoms with Gasteiger partial charge in [0.05, 0.1) is 12.1 Å². The van der Waals surface area contributed by atoms with E-state index in [0.29, 0.717) is 13.1 Å². The zero-order chi connectivity index (χ0) is 19.7. The minimum atomic E-state index is -0.890. The summed E-state index contributed by atoms with van der Waals surface area (Å²) in [5, 5.41) is 19.2. The van der Waals surface area contributed by atoms with Crippen molar-refractivity contribution in [3.63, 3.8) is 0 Å². The van der Waals surface area contributed by atoms with Gasteiger partial charge in [0.2, 0.25) is 0 Å². The molecule has 2 amide bonds. The van der Waals surface area contributed by atoms with Crippen molar-refractivity contribution in [3.05, 3.63) is 59.7 Å². The number of likely N-dealkylation sites (tertiary alicyclic amines) is 2. The fraction of sp³-hybridized carbons (Fsp3) is 0.364. The van der Waals surface area contributed by atoms with Crippen LogP contribution in [-0.2, 0) is 0 Å². The molecule has 2 aliphatic heterocycles. The number of nitrogens with zero attached hydrogens (tertiary/aromatic N) is 2. The molecule has 28 heavy (non-hydrogen) atoms. The minimum absolute atomic E-state index is 0.166. The molecule has 0 radical (unpaired) electrons. The molecule has 0 aliphatic carbocycles. The van der Waals surface area contributed by atoms with Crippen LogP contribution in [0.2, 0.25) is 0 Å². The second-order valence-electron chi connectivity index (χ2n) is 7.44. The number of carbonyl (C=O) groups is 2. The maximum atomic E-state index is 11.7. The molecule has 2 fully saturated rings. The average molecular weight is 380 g/mol. The van der Waals surface area contributed by atoms with Gasteiger partial charge in [-0.2, -0.15) is 0 Å². The summed E-state index contributed by atoms with van der Waals surface area (Å²) in [6.45, 7) is 1.09. The van der Waals surface area contributed by atoms with Crippen molar-refractivity contribution < 1.29 is 19.8 Å². The molecular formula is C22H24N2O4. The first-order valence-electron chi connectivity index (χ1n) is 9.75. The van der Waals surface area contributed by atoms with E-state index >= 15 is 0 Å². The monoisotopic (exact) mass is 380 g/mol. The number of hydrogen-bond acceptors (Lipinski definition) is 2. The summed E-state index contributed by atoms with van der Waals surface area (Å²) in [6.07, 6.45) is 1.52. The Hall–Kier alpha value is -3.02. The van der Waals surface area contributed by atoms with Gasteiger partial charge in [-0.25, -0.2) is 9.59 Å². The Labute approximate surface area is 164 Å². The molecule has 2 atom stereocenters. The zero-order valence-corrected chi connectivity index (χ0v) is 15.6. The first-order chi connectivity index (χ1) is 13.6. The smallest absolute Gasteiger partial charge is 0.407 e. The molecular weight excluding hydrogens is 356 g/mol. The predicted molar refractivity (Wildman–Crippen MR) is 105 cm³/mol. The maximum Gasteiger partial charge on any atom is 0.407 e. The van der Waals surface area contributed by atoms with Crippen LogP contribution in [0.5, 0.6) is 0 Å². The van der Waals surface area contributed by atoms with Crippen molar-refractivity contribution in [2.75, 3.05) is 13.1 Å². The van der Waals surface area contributed by atoms with Gasteiger partial charge in [0, 0.05) is 13.1 Å². The highest BCUT2D eigenvalue weighted by molar-refractivity contribution is 5.75. The average Bonchev–Trinajstić information content (AvgIpc) is 3.37. The number of amides is 2. The van der Waals surface area contributed by atoms with Crippen LogP contribution in [-0.4, -0.2) is 45.3 Å². The SMILES string of the molecule is O=C(O)N1CCCC1c1ccccc1-c1ccccc1C1CCCN1C(=O)O. The van der Waals surface area contributed by atoms with Gasteiger partial charge >= 0.3 is 12.2 Å². The van der Waals surface area contributed by atoms with E-state index in [9.17, 15) is 19.8 Å². The molecule has 6 heteroatoms. The normalized spacial score (nSPS) is 21.9. The Kier molecular flexibility index (Phi) is 4.94. The highest BCUT2D eigenvalue weighted by atomic mass is 16.4. The molecule has 2 unspecified atom stereocenters. The zero-order valence-electron chi connectivity index (χ0n) is 15.6. The summed E-state index contributed by atoms with van der Waals surface area (Å²) in [4.78, 5) is 26.4. The fourth-order valence-corrected chi connectivity index (χ4v) is 4.70. The van der Waals surface area contributed by atoms with Gasteiger partial charge in [0.1, 0.15) is 0 Å². The lowest BCUT2D eigenvalue weighted by molar-refractivity contribution is 0.139. The van der Waals surface area contributed by atoms with Crippen molar-refractivity contribution in [1.29, 1.82) is 0 Å². The first-order valence-corrected chi connectivity index (χ1v) is 9.75. The summed E-state index contributed by atoms with van der Waals surface area (Å²) < 4.78 is 0. The molecule has 0 bridgehead atoms. The van der Waals surface area contributed by atoms with Crippen LogP contribution in [0.4, 0.5) is 9.59 Å². The summed E-state index contributed by atoms with van der Waals surface area (Å²) in [5.41, 5.74) is 3.98. The van der Waals surface area contributed by atoms with Crippen molar-refractivity contribution in [2.24, 2.45) is 0 Å². The molecule has 2 aromatic rings. The van der Waals surface area contributed by atoms with Gasteiger partial charge in [0.25, 0.3) is 0 Å². The lowest BCUT2D eigenvalue weighted by Gasteiger charge is -2.27. The van der Waals surface area contributed by atoms with Gasteiger partial charge in [-0.3, -0.25) is 0 Å². The molecule has 0 spiro atoms. The van der Waals surface area contributed by atoms with Crippen molar-refractivity contribution in [3.8, 4) is 11.1 Å². The lowest BCUT2D eigenvalue weighted by Crippen LogP contribution is -2.29. The predicted octanol–water partition coefficient (Wildman–Crippen LogP) is 4.98. The van der Waals surface area contributed by atoms with E-state index in [1.807, 2.05) is 48.5 Å². The molecule has 6 nitrogen and oxygen atoms in total. The van der Waals surface area contributed by atoms with Gasteiger partial charge < -0.3 is 20.0 Å². The van der Waals surface area contributed by atoms with Gasteiger partial charge in [-0.05, 0) is 47.9 Å². The number of carboxylic acid groups (broad SMARTS) is 2. The highest BCUT2D eigenvalue weighted by Gasteiger charge is 2.34. The lowest BCUT2D eigenvalue weighted by atomic mass is 9.88. The summed E-state index contributed by atoms with van der Waals surface area (Å²) in [6, 6.07) is 15.5. The Bertz CT molecular complexity index is 824. The second-order valence-corrected chi connectivity index (χ2v) is 7.44. The molecule has 2 aromatic carbocycles. The Balaban J connectivity index is 1.80. The van der Waals surface area contributed by atoms with Gasteiger partial charge in [-0.1, -0.05) is 48.5 Å². The second kappa shape index (κ2) is 7.54. The van der Waals surface area contributed by atoms with Crippen LogP contribution in [0.1, 0.15) is 48.9 Å². The van der Waals surface area contributed by atoms with Crippen LogP contribution in [0.3, 0.4) is 0 Å². The molecule has 0 saturated carbocycles. The third-order valence-electron chi connectivity index (χ3n) is 5.93. The first kappa shape index (κ1) is 18.3. The molecule has 0 aromatic heterocycles. The quantitative estimate of drug-likeness (QED) is 0.786. The van der Waals surface area contributed by atoms with E-state index < -0.39 is 12.2 Å². The van der Waals surface area contributed by atoms with Crippen LogP contribution < -0.4 is 0 Å². The summed E-state index contributed by atoms with van der Waals surface area (Å²) >= 11 is 0. The van der Waals surface area contributed by atoms with E-state index in [2.05, 4.69) is 0 Å². The Morgan fingerprint density at radius 1 is 0.714 bits per heavy atom. The molecule has 2 N–H and O–H groups in total. The third-order valence-corrected chi connectivity index (χ3v) is 5.93. The Morgan fingerprint density at radius 3 is 1.50 bits per heavy atom. The highest BCUT2D eigenvalue weighted by Crippen LogP contribution is 2.42. The standard InChI is InChI=1S/C22H24N2O4/c25-21(26)23-13-5-11-19(23)17-9-3-1-7-15(17)16-8-2-4-10-18(16)20-12-6-14-24(20)22(27)28/h1-4,7-10,19-20H,5-6,11-14H2,(H,25,26)(H,27,28). The van der Waals surface area contributed by atoms with Crippen LogP contribution in [0.15, 0.2) is 48.5 Å².